The van der Waals surface area contributed by atoms with E-state index in [-0.39, 0.29) is 24.5 Å². The van der Waals surface area contributed by atoms with Crippen LogP contribution in [0.15, 0.2) is 81.9 Å². The molecule has 2 N–H and O–H groups in total. The van der Waals surface area contributed by atoms with Gasteiger partial charge in [-0.25, -0.2) is 14.5 Å². The average Bonchev–Trinajstić information content (AvgIpc) is 3.40. The van der Waals surface area contributed by atoms with Gasteiger partial charge in [0.2, 0.25) is 0 Å². The van der Waals surface area contributed by atoms with Gasteiger partial charge in [-0.3, -0.25) is 14.5 Å². The Morgan fingerprint density at radius 2 is 1.85 bits per heavy atom. The first-order valence-electron chi connectivity index (χ1n) is 10.0. The zero-order valence-corrected chi connectivity index (χ0v) is 17.1. The Bertz CT molecular complexity index is 1470. The molecule has 4 aromatic rings. The van der Waals surface area contributed by atoms with Crippen LogP contribution in [0.1, 0.15) is 0 Å². The minimum atomic E-state index is -0.607. The quantitative estimate of drug-likeness (QED) is 0.340. The number of carbonyl (C=O) groups excluding carboxylic acids is 2. The van der Waals surface area contributed by atoms with Crippen LogP contribution >= 0.6 is 0 Å². The Morgan fingerprint density at radius 3 is 2.64 bits per heavy atom. The molecular formula is C23H17N5O5. The summed E-state index contributed by atoms with van der Waals surface area (Å²) in [7, 11) is 0. The molecule has 10 nitrogen and oxygen atoms in total. The first kappa shape index (κ1) is 20.3. The zero-order chi connectivity index (χ0) is 22.9. The first-order chi connectivity index (χ1) is 16.0. The number of hydrogen-bond donors (Lipinski definition) is 2. The Morgan fingerprint density at radius 1 is 1.03 bits per heavy atom. The van der Waals surface area contributed by atoms with Gasteiger partial charge in [0.05, 0.1) is 13.2 Å². The lowest BCUT2D eigenvalue weighted by Gasteiger charge is -2.13. The van der Waals surface area contributed by atoms with Crippen LogP contribution in [0.2, 0.25) is 0 Å². The first-order valence-corrected chi connectivity index (χ1v) is 10.0. The lowest BCUT2D eigenvalue weighted by Crippen LogP contribution is -2.34. The topological polar surface area (TPSA) is 131 Å². The molecule has 0 fully saturated rings. The molecule has 0 atom stereocenters. The van der Waals surface area contributed by atoms with Crippen molar-refractivity contribution in [3.05, 3.63) is 83.1 Å². The van der Waals surface area contributed by atoms with Crippen LogP contribution in [0.5, 0.6) is 0 Å². The van der Waals surface area contributed by atoms with Gasteiger partial charge in [0, 0.05) is 28.8 Å². The van der Waals surface area contributed by atoms with Crippen molar-refractivity contribution in [3.63, 3.8) is 0 Å². The lowest BCUT2D eigenvalue weighted by molar-refractivity contribution is -0.137. The highest BCUT2D eigenvalue weighted by Gasteiger charge is 2.30. The maximum atomic E-state index is 12.6. The largest absolute Gasteiger partial charge is 0.421 e. The third-order valence-corrected chi connectivity index (χ3v) is 5.10. The van der Waals surface area contributed by atoms with Crippen molar-refractivity contribution in [1.82, 2.24) is 19.7 Å². The third-order valence-electron chi connectivity index (χ3n) is 5.10. The highest BCUT2D eigenvalue weighted by molar-refractivity contribution is 6.17. The summed E-state index contributed by atoms with van der Waals surface area (Å²) < 4.78 is 6.84. The number of carbonyl (C=O) groups is 2. The number of amides is 2. The van der Waals surface area contributed by atoms with Gasteiger partial charge in [-0.05, 0) is 18.2 Å². The SMILES string of the molecule is O=C1C=C(Nc2ccc3cc(-n4cnc(-c5ccccc5)n4)c(=O)oc3c2)C(=O)N1CCO. The van der Waals surface area contributed by atoms with E-state index in [9.17, 15) is 14.4 Å². The number of aliphatic hydroxyl groups excluding tert-OH is 1. The molecule has 0 unspecified atom stereocenters. The van der Waals surface area contributed by atoms with Gasteiger partial charge in [-0.1, -0.05) is 30.3 Å². The van der Waals surface area contributed by atoms with Gasteiger partial charge in [0.25, 0.3) is 11.8 Å². The Kier molecular flexibility index (Phi) is 5.04. The van der Waals surface area contributed by atoms with Gasteiger partial charge >= 0.3 is 5.63 Å². The molecule has 0 saturated heterocycles. The van der Waals surface area contributed by atoms with Crippen LogP contribution in [-0.2, 0) is 9.59 Å². The number of rotatable bonds is 6. The summed E-state index contributed by atoms with van der Waals surface area (Å²) in [6.07, 6.45) is 2.61. The fraction of sp³-hybridized carbons (Fsp3) is 0.0870. The van der Waals surface area contributed by atoms with Crippen molar-refractivity contribution in [3.8, 4) is 17.1 Å². The van der Waals surface area contributed by atoms with Gasteiger partial charge in [-0.2, -0.15) is 0 Å². The molecular weight excluding hydrogens is 426 g/mol. The fourth-order valence-corrected chi connectivity index (χ4v) is 3.50. The van der Waals surface area contributed by atoms with Crippen LogP contribution < -0.4 is 10.9 Å². The number of aliphatic hydroxyl groups is 1. The number of nitrogens with zero attached hydrogens (tertiary/aromatic N) is 4. The molecule has 0 spiro atoms. The molecule has 164 valence electrons. The van der Waals surface area contributed by atoms with E-state index >= 15 is 0 Å². The normalized spacial score (nSPS) is 13.6. The van der Waals surface area contributed by atoms with Crippen LogP contribution in [0, 0.1) is 0 Å². The van der Waals surface area contributed by atoms with Gasteiger partial charge in [0.1, 0.15) is 17.6 Å². The zero-order valence-electron chi connectivity index (χ0n) is 17.1. The summed E-state index contributed by atoms with van der Waals surface area (Å²) in [6, 6.07) is 16.0. The van der Waals surface area contributed by atoms with Crippen LogP contribution in [0.4, 0.5) is 5.69 Å². The van der Waals surface area contributed by atoms with Gasteiger partial charge in [-0.15, -0.1) is 5.10 Å². The van der Waals surface area contributed by atoms with E-state index in [2.05, 4.69) is 15.4 Å². The van der Waals surface area contributed by atoms with E-state index in [1.54, 1.807) is 24.3 Å². The van der Waals surface area contributed by atoms with Gasteiger partial charge < -0.3 is 14.8 Å². The molecule has 10 heteroatoms. The number of aromatic nitrogens is 3. The molecule has 2 aromatic heterocycles. The van der Waals surface area contributed by atoms with Crippen molar-refractivity contribution >= 4 is 28.5 Å². The van der Waals surface area contributed by atoms with Crippen LogP contribution in [-0.4, -0.2) is 49.7 Å². The second-order valence-electron chi connectivity index (χ2n) is 7.25. The number of fused-ring (bicyclic) bond motifs is 1. The summed E-state index contributed by atoms with van der Waals surface area (Å²) in [5.41, 5.74) is 1.25. The third kappa shape index (κ3) is 3.79. The van der Waals surface area contributed by atoms with E-state index in [0.717, 1.165) is 16.5 Å². The minimum absolute atomic E-state index is 0.0721. The molecule has 0 saturated carbocycles. The summed E-state index contributed by atoms with van der Waals surface area (Å²) in [5, 5.41) is 16.9. The molecule has 2 amide bonds. The average molecular weight is 443 g/mol. The molecule has 2 aromatic carbocycles. The number of anilines is 1. The molecule has 33 heavy (non-hydrogen) atoms. The van der Waals surface area contributed by atoms with Crippen molar-refractivity contribution in [2.24, 2.45) is 0 Å². The predicted molar refractivity (Wildman–Crippen MR) is 118 cm³/mol. The van der Waals surface area contributed by atoms with E-state index in [4.69, 9.17) is 9.52 Å². The fourth-order valence-electron chi connectivity index (χ4n) is 3.50. The van der Waals surface area contributed by atoms with Crippen molar-refractivity contribution < 1.29 is 19.1 Å². The second-order valence-corrected chi connectivity index (χ2v) is 7.25. The van der Waals surface area contributed by atoms with Crippen molar-refractivity contribution in [2.45, 2.75) is 0 Å². The Labute approximate surface area is 186 Å². The van der Waals surface area contributed by atoms with Crippen LogP contribution in [0.3, 0.4) is 0 Å². The minimum Gasteiger partial charge on any atom is -0.421 e. The van der Waals surface area contributed by atoms with Gasteiger partial charge in [0.15, 0.2) is 11.5 Å². The molecule has 1 aliphatic heterocycles. The highest BCUT2D eigenvalue weighted by Crippen LogP contribution is 2.23. The predicted octanol–water partition coefficient (Wildman–Crippen LogP) is 1.70. The summed E-state index contributed by atoms with van der Waals surface area (Å²) in [4.78, 5) is 42.0. The number of imide groups is 1. The number of nitrogens with one attached hydrogen (secondary N) is 1. The summed E-state index contributed by atoms with van der Waals surface area (Å²) in [6.45, 7) is -0.399. The molecule has 0 aliphatic carbocycles. The second kappa shape index (κ2) is 8.17. The number of benzene rings is 2. The number of hydrogen-bond acceptors (Lipinski definition) is 8. The molecule has 5 rings (SSSR count). The maximum absolute atomic E-state index is 12.6. The monoisotopic (exact) mass is 443 g/mol. The number of β-amino-alcohol motifs (C(OH)–C–C–N with tert-alkyl or cyclic N) is 1. The highest BCUT2D eigenvalue weighted by atomic mass is 16.4. The maximum Gasteiger partial charge on any atom is 0.362 e. The summed E-state index contributed by atoms with van der Waals surface area (Å²) in [5.74, 6) is -0.559. The Hall–Kier alpha value is -4.57. The molecule has 3 heterocycles. The van der Waals surface area contributed by atoms with E-state index in [1.165, 1.54) is 11.0 Å². The van der Waals surface area contributed by atoms with E-state index in [0.29, 0.717) is 22.5 Å². The van der Waals surface area contributed by atoms with E-state index in [1.807, 2.05) is 30.3 Å². The lowest BCUT2D eigenvalue weighted by atomic mass is 10.2. The Balaban J connectivity index is 1.43. The van der Waals surface area contributed by atoms with Crippen LogP contribution in [0.25, 0.3) is 28.0 Å². The molecule has 0 bridgehead atoms. The standard InChI is InChI=1S/C23H17N5O5/c29-9-8-27-20(30)12-17(22(27)31)25-16-7-6-15-10-18(23(32)33-19(15)11-16)28-13-24-21(26-28)14-4-2-1-3-5-14/h1-7,10-13,25,29H,8-9H2. The molecule has 1 aliphatic rings. The van der Waals surface area contributed by atoms with Crippen molar-refractivity contribution in [2.75, 3.05) is 18.5 Å². The van der Waals surface area contributed by atoms with Crippen molar-refractivity contribution in [1.29, 1.82) is 0 Å². The smallest absolute Gasteiger partial charge is 0.362 e. The summed E-state index contributed by atoms with van der Waals surface area (Å²) >= 11 is 0. The van der Waals surface area contributed by atoms with E-state index < -0.39 is 17.4 Å². The molecule has 0 radical (unpaired) electrons.